The van der Waals surface area contributed by atoms with Crippen molar-refractivity contribution in [3.05, 3.63) is 35.9 Å². The molecule has 1 nitrogen and oxygen atoms in total. The first-order chi connectivity index (χ1) is 7.33. The maximum Gasteiger partial charge on any atom is 0.0896 e. The number of nitrogens with two attached hydrogens (primary N) is 1. The van der Waals surface area contributed by atoms with Gasteiger partial charge in [0, 0.05) is 6.42 Å². The Morgan fingerprint density at radius 3 is 2.50 bits per heavy atom. The molecule has 0 aliphatic heterocycles. The van der Waals surface area contributed by atoms with Gasteiger partial charge in [0.1, 0.15) is 0 Å². The average molecular weight is 246 g/mol. The molecule has 16 heavy (non-hydrogen) atoms. The van der Waals surface area contributed by atoms with Crippen molar-refractivity contribution in [3.8, 4) is 0 Å². The van der Waals surface area contributed by atoms with E-state index in [1.807, 2.05) is 6.07 Å². The fourth-order valence-electron chi connectivity index (χ4n) is 1.71. The molecule has 0 saturated heterocycles. The van der Waals surface area contributed by atoms with Gasteiger partial charge in [-0.25, -0.2) is 0 Å². The van der Waals surface area contributed by atoms with Gasteiger partial charge in [0.15, 0.2) is 0 Å². The lowest BCUT2D eigenvalue weighted by Crippen LogP contribution is -3.00. The van der Waals surface area contributed by atoms with Crippen LogP contribution < -0.4 is 17.7 Å². The van der Waals surface area contributed by atoms with Gasteiger partial charge in [0.2, 0.25) is 0 Å². The Hall–Kier alpha value is -0.600. The molecule has 0 spiro atoms. The van der Waals surface area contributed by atoms with Gasteiger partial charge in [-0.1, -0.05) is 30.3 Å². The third-order valence-corrected chi connectivity index (χ3v) is 2.56. The SMILES string of the molecule is CC(Cc1ccccc1)[NH2+]CCCCF.[Cl-]. The normalized spacial score (nSPS) is 11.9. The summed E-state index contributed by atoms with van der Waals surface area (Å²) < 4.78 is 11.9. The lowest BCUT2D eigenvalue weighted by atomic mass is 10.1. The Balaban J connectivity index is 0.00000225. The number of rotatable bonds is 7. The summed E-state index contributed by atoms with van der Waals surface area (Å²) in [7, 11) is 0. The molecule has 0 aliphatic carbocycles. The molecule has 2 N–H and O–H groups in total. The number of hydrogen-bond donors (Lipinski definition) is 1. The van der Waals surface area contributed by atoms with Gasteiger partial charge in [0.05, 0.1) is 19.3 Å². The molecular weight excluding hydrogens is 225 g/mol. The van der Waals surface area contributed by atoms with Crippen LogP contribution in [0, 0.1) is 0 Å². The van der Waals surface area contributed by atoms with Crippen LogP contribution in [0.5, 0.6) is 0 Å². The molecule has 0 aliphatic rings. The molecule has 1 unspecified atom stereocenters. The fourth-order valence-corrected chi connectivity index (χ4v) is 1.71. The summed E-state index contributed by atoms with van der Waals surface area (Å²) >= 11 is 0. The zero-order valence-electron chi connectivity index (χ0n) is 9.83. The molecule has 1 aromatic carbocycles. The predicted octanol–water partition coefficient (Wildman–Crippen LogP) is -1.07. The molecule has 0 saturated carbocycles. The third-order valence-electron chi connectivity index (χ3n) is 2.56. The Morgan fingerprint density at radius 2 is 1.88 bits per heavy atom. The quantitative estimate of drug-likeness (QED) is 0.590. The van der Waals surface area contributed by atoms with E-state index in [0.29, 0.717) is 12.5 Å². The largest absolute Gasteiger partial charge is 1.00 e. The third kappa shape index (κ3) is 6.81. The monoisotopic (exact) mass is 245 g/mol. The van der Waals surface area contributed by atoms with E-state index in [4.69, 9.17) is 0 Å². The smallest absolute Gasteiger partial charge is 0.0896 e. The molecule has 1 rings (SSSR count). The summed E-state index contributed by atoms with van der Waals surface area (Å²) in [5, 5.41) is 2.31. The Kier molecular flexibility index (Phi) is 9.25. The van der Waals surface area contributed by atoms with Crippen molar-refractivity contribution in [2.45, 2.75) is 32.2 Å². The molecule has 3 heteroatoms. The zero-order chi connectivity index (χ0) is 10.9. The molecular formula is C13H21ClFN. The minimum Gasteiger partial charge on any atom is -1.00 e. The molecule has 0 heterocycles. The van der Waals surface area contributed by atoms with Gasteiger partial charge in [0.25, 0.3) is 0 Å². The van der Waals surface area contributed by atoms with Crippen molar-refractivity contribution in [3.63, 3.8) is 0 Å². The van der Waals surface area contributed by atoms with Crippen molar-refractivity contribution < 1.29 is 22.1 Å². The highest BCUT2D eigenvalue weighted by Crippen LogP contribution is 2.00. The number of unbranched alkanes of at least 4 members (excludes halogenated alkanes) is 1. The highest BCUT2D eigenvalue weighted by atomic mass is 35.5. The summed E-state index contributed by atoms with van der Waals surface area (Å²) in [6.07, 6.45) is 2.78. The minimum absolute atomic E-state index is 0. The van der Waals surface area contributed by atoms with E-state index in [1.54, 1.807) is 0 Å². The van der Waals surface area contributed by atoms with Gasteiger partial charge < -0.3 is 17.7 Å². The highest BCUT2D eigenvalue weighted by molar-refractivity contribution is 5.15. The molecule has 1 aromatic rings. The molecule has 1 atom stereocenters. The van der Waals surface area contributed by atoms with Gasteiger partial charge >= 0.3 is 0 Å². The maximum atomic E-state index is 11.9. The van der Waals surface area contributed by atoms with E-state index in [2.05, 4.69) is 36.5 Å². The van der Waals surface area contributed by atoms with E-state index in [0.717, 1.165) is 19.4 Å². The maximum absolute atomic E-state index is 11.9. The number of hydrogen-bond acceptors (Lipinski definition) is 0. The fraction of sp³-hybridized carbons (Fsp3) is 0.538. The van der Waals surface area contributed by atoms with E-state index in [1.165, 1.54) is 5.56 Å². The van der Waals surface area contributed by atoms with Gasteiger partial charge in [-0.3, -0.25) is 4.39 Å². The molecule has 92 valence electrons. The second-order valence-electron chi connectivity index (χ2n) is 4.09. The van der Waals surface area contributed by atoms with E-state index in [9.17, 15) is 4.39 Å². The van der Waals surface area contributed by atoms with Crippen LogP contribution in [0.25, 0.3) is 0 Å². The van der Waals surface area contributed by atoms with Crippen LogP contribution in [0.4, 0.5) is 4.39 Å². The van der Waals surface area contributed by atoms with Crippen LogP contribution in [-0.2, 0) is 6.42 Å². The van der Waals surface area contributed by atoms with Crippen molar-refractivity contribution in [2.75, 3.05) is 13.2 Å². The number of halogens is 2. The van der Waals surface area contributed by atoms with Crippen molar-refractivity contribution in [2.24, 2.45) is 0 Å². The molecule has 0 bridgehead atoms. The first-order valence-electron chi connectivity index (χ1n) is 5.76. The topological polar surface area (TPSA) is 16.6 Å². The van der Waals surface area contributed by atoms with Gasteiger partial charge in [-0.15, -0.1) is 0 Å². The minimum atomic E-state index is -0.180. The van der Waals surface area contributed by atoms with Crippen LogP contribution in [0.15, 0.2) is 30.3 Å². The lowest BCUT2D eigenvalue weighted by Gasteiger charge is -2.10. The van der Waals surface area contributed by atoms with Crippen molar-refractivity contribution in [1.82, 2.24) is 0 Å². The Bertz CT molecular complexity index is 253. The lowest BCUT2D eigenvalue weighted by molar-refractivity contribution is -0.686. The average Bonchev–Trinajstić information content (AvgIpc) is 2.26. The summed E-state index contributed by atoms with van der Waals surface area (Å²) in [6, 6.07) is 11.1. The first kappa shape index (κ1) is 15.4. The number of alkyl halides is 1. The van der Waals surface area contributed by atoms with Crippen molar-refractivity contribution >= 4 is 0 Å². The van der Waals surface area contributed by atoms with Crippen LogP contribution in [-0.4, -0.2) is 19.3 Å². The van der Waals surface area contributed by atoms with Gasteiger partial charge in [-0.2, -0.15) is 0 Å². The van der Waals surface area contributed by atoms with Crippen molar-refractivity contribution in [1.29, 1.82) is 0 Å². The van der Waals surface area contributed by atoms with Crippen LogP contribution >= 0.6 is 0 Å². The number of benzene rings is 1. The summed E-state index contributed by atoms with van der Waals surface area (Å²) in [5.74, 6) is 0. The summed E-state index contributed by atoms with van der Waals surface area (Å²) in [4.78, 5) is 0. The molecule has 0 fully saturated rings. The Morgan fingerprint density at radius 1 is 1.19 bits per heavy atom. The van der Waals surface area contributed by atoms with Gasteiger partial charge in [-0.05, 0) is 25.3 Å². The molecule has 0 radical (unpaired) electrons. The number of quaternary nitrogens is 1. The van der Waals surface area contributed by atoms with E-state index in [-0.39, 0.29) is 19.1 Å². The Labute approximate surface area is 104 Å². The standard InChI is InChI=1S/C13H20FN.ClH/c1-12(15-10-6-5-9-14)11-13-7-3-2-4-8-13;/h2-4,7-8,12,15H,5-6,9-11H2,1H3;1H. The van der Waals surface area contributed by atoms with Crippen LogP contribution in [0.3, 0.4) is 0 Å². The van der Waals surface area contributed by atoms with Crippen LogP contribution in [0.2, 0.25) is 0 Å². The summed E-state index contributed by atoms with van der Waals surface area (Å²) in [6.45, 7) is 3.08. The second-order valence-corrected chi connectivity index (χ2v) is 4.09. The highest BCUT2D eigenvalue weighted by Gasteiger charge is 2.04. The first-order valence-corrected chi connectivity index (χ1v) is 5.76. The van der Waals surface area contributed by atoms with Crippen LogP contribution in [0.1, 0.15) is 25.3 Å². The molecule has 0 aromatic heterocycles. The summed E-state index contributed by atoms with van der Waals surface area (Å²) in [5.41, 5.74) is 1.38. The molecule has 0 amide bonds. The zero-order valence-corrected chi connectivity index (χ0v) is 10.6. The predicted molar refractivity (Wildman–Crippen MR) is 61.6 cm³/mol. The van der Waals surface area contributed by atoms with E-state index < -0.39 is 0 Å². The second kappa shape index (κ2) is 9.61. The van der Waals surface area contributed by atoms with E-state index >= 15 is 0 Å².